The minimum absolute atomic E-state index is 0.121. The summed E-state index contributed by atoms with van der Waals surface area (Å²) in [6, 6.07) is 11.0. The molecular formula is C21H20Cl2N2O4. The SMILES string of the molecule is COC(=O)C1=C(c2ccccc2)NC(=O)NC1c1cc(Cl)c(OC(C)C)c(Cl)c1. The monoisotopic (exact) mass is 434 g/mol. The summed E-state index contributed by atoms with van der Waals surface area (Å²) in [5, 5.41) is 6.00. The number of ether oxygens (including phenoxy) is 2. The number of urea groups is 1. The van der Waals surface area contributed by atoms with Crippen molar-refractivity contribution in [3.63, 3.8) is 0 Å². The van der Waals surface area contributed by atoms with Crippen LogP contribution in [0.4, 0.5) is 4.79 Å². The van der Waals surface area contributed by atoms with Crippen LogP contribution in [-0.2, 0) is 9.53 Å². The molecule has 29 heavy (non-hydrogen) atoms. The summed E-state index contributed by atoms with van der Waals surface area (Å²) < 4.78 is 10.6. The van der Waals surface area contributed by atoms with E-state index in [1.54, 1.807) is 24.3 Å². The fourth-order valence-corrected chi connectivity index (χ4v) is 3.66. The van der Waals surface area contributed by atoms with Crippen LogP contribution >= 0.6 is 23.2 Å². The summed E-state index contributed by atoms with van der Waals surface area (Å²) >= 11 is 12.8. The highest BCUT2D eigenvalue weighted by Gasteiger charge is 2.34. The molecule has 1 atom stereocenters. The molecule has 0 fully saturated rings. The summed E-state index contributed by atoms with van der Waals surface area (Å²) in [6.07, 6.45) is -0.121. The van der Waals surface area contributed by atoms with E-state index >= 15 is 0 Å². The summed E-state index contributed by atoms with van der Waals surface area (Å²) in [4.78, 5) is 25.0. The second-order valence-corrected chi connectivity index (χ2v) is 7.47. The van der Waals surface area contributed by atoms with Crippen molar-refractivity contribution >= 4 is 40.9 Å². The molecule has 0 spiro atoms. The first-order valence-electron chi connectivity index (χ1n) is 8.92. The third-order valence-corrected chi connectivity index (χ3v) is 4.81. The Kier molecular flexibility index (Phi) is 6.35. The predicted molar refractivity (Wildman–Crippen MR) is 112 cm³/mol. The largest absolute Gasteiger partial charge is 0.488 e. The molecule has 0 aromatic heterocycles. The van der Waals surface area contributed by atoms with Gasteiger partial charge in [0, 0.05) is 0 Å². The minimum atomic E-state index is -0.811. The van der Waals surface area contributed by atoms with Gasteiger partial charge in [-0.05, 0) is 37.1 Å². The maximum absolute atomic E-state index is 12.7. The molecule has 0 bridgehead atoms. The number of hydrogen-bond donors (Lipinski definition) is 2. The molecule has 0 radical (unpaired) electrons. The van der Waals surface area contributed by atoms with E-state index in [2.05, 4.69) is 10.6 Å². The van der Waals surface area contributed by atoms with Crippen LogP contribution < -0.4 is 15.4 Å². The molecule has 1 aliphatic rings. The summed E-state index contributed by atoms with van der Waals surface area (Å²) in [7, 11) is 1.28. The molecule has 152 valence electrons. The number of nitrogens with one attached hydrogen (secondary N) is 2. The number of carbonyl (C=O) groups excluding carboxylic acids is 2. The summed E-state index contributed by atoms with van der Waals surface area (Å²) in [5.74, 6) is -0.240. The number of rotatable bonds is 5. The molecule has 2 aromatic rings. The Balaban J connectivity index is 2.16. The first-order valence-corrected chi connectivity index (χ1v) is 9.68. The zero-order chi connectivity index (χ0) is 21.1. The lowest BCUT2D eigenvalue weighted by Crippen LogP contribution is -2.45. The van der Waals surface area contributed by atoms with Gasteiger partial charge in [0.2, 0.25) is 0 Å². The van der Waals surface area contributed by atoms with Gasteiger partial charge >= 0.3 is 12.0 Å². The molecular weight excluding hydrogens is 415 g/mol. The molecule has 2 amide bonds. The van der Waals surface area contributed by atoms with Crippen LogP contribution in [0.3, 0.4) is 0 Å². The van der Waals surface area contributed by atoms with Crippen molar-refractivity contribution in [1.29, 1.82) is 0 Å². The molecule has 0 saturated carbocycles. The van der Waals surface area contributed by atoms with E-state index in [4.69, 9.17) is 32.7 Å². The Morgan fingerprint density at radius 1 is 1.10 bits per heavy atom. The van der Waals surface area contributed by atoms with Crippen LogP contribution in [0.25, 0.3) is 5.70 Å². The highest BCUT2D eigenvalue weighted by molar-refractivity contribution is 6.37. The fourth-order valence-electron chi connectivity index (χ4n) is 3.07. The van der Waals surface area contributed by atoms with Crippen molar-refractivity contribution in [2.75, 3.05) is 7.11 Å². The van der Waals surface area contributed by atoms with Crippen LogP contribution in [-0.4, -0.2) is 25.2 Å². The first-order chi connectivity index (χ1) is 13.8. The number of carbonyl (C=O) groups is 2. The average Bonchev–Trinajstić information content (AvgIpc) is 2.69. The number of hydrogen-bond acceptors (Lipinski definition) is 4. The van der Waals surface area contributed by atoms with Gasteiger partial charge in [-0.3, -0.25) is 0 Å². The van der Waals surface area contributed by atoms with Gasteiger partial charge in [-0.2, -0.15) is 0 Å². The maximum Gasteiger partial charge on any atom is 0.338 e. The summed E-state index contributed by atoms with van der Waals surface area (Å²) in [5.41, 5.74) is 1.80. The zero-order valence-electron chi connectivity index (χ0n) is 16.1. The number of benzene rings is 2. The molecule has 6 nitrogen and oxygen atoms in total. The average molecular weight is 435 g/mol. The van der Waals surface area contributed by atoms with Gasteiger partial charge in [0.15, 0.2) is 5.75 Å². The van der Waals surface area contributed by atoms with Gasteiger partial charge in [0.25, 0.3) is 0 Å². The Labute approximate surface area is 178 Å². The number of esters is 1. The highest BCUT2D eigenvalue weighted by atomic mass is 35.5. The normalized spacial score (nSPS) is 16.3. The van der Waals surface area contributed by atoms with E-state index in [0.29, 0.717) is 22.6 Å². The van der Waals surface area contributed by atoms with Gasteiger partial charge in [-0.15, -0.1) is 0 Å². The minimum Gasteiger partial charge on any atom is -0.488 e. The van der Waals surface area contributed by atoms with Gasteiger partial charge in [0.1, 0.15) is 0 Å². The Morgan fingerprint density at radius 2 is 1.72 bits per heavy atom. The van der Waals surface area contributed by atoms with E-state index in [0.717, 1.165) is 0 Å². The smallest absolute Gasteiger partial charge is 0.338 e. The van der Waals surface area contributed by atoms with E-state index in [1.165, 1.54) is 7.11 Å². The van der Waals surface area contributed by atoms with Crippen molar-refractivity contribution < 1.29 is 19.1 Å². The van der Waals surface area contributed by atoms with Gasteiger partial charge in [-0.1, -0.05) is 53.5 Å². The lowest BCUT2D eigenvalue weighted by Gasteiger charge is -2.29. The predicted octanol–water partition coefficient (Wildman–Crippen LogP) is 4.72. The quantitative estimate of drug-likeness (QED) is 0.667. The van der Waals surface area contributed by atoms with Gasteiger partial charge in [-0.25, -0.2) is 9.59 Å². The second kappa shape index (κ2) is 8.76. The van der Waals surface area contributed by atoms with Crippen LogP contribution in [0.1, 0.15) is 31.0 Å². The molecule has 0 aliphatic carbocycles. The molecule has 8 heteroatoms. The lowest BCUT2D eigenvalue weighted by molar-refractivity contribution is -0.136. The molecule has 0 saturated heterocycles. The van der Waals surface area contributed by atoms with Crippen molar-refractivity contribution in [2.45, 2.75) is 26.0 Å². The molecule has 1 heterocycles. The van der Waals surface area contributed by atoms with E-state index < -0.39 is 18.0 Å². The van der Waals surface area contributed by atoms with Crippen LogP contribution in [0.2, 0.25) is 10.0 Å². The second-order valence-electron chi connectivity index (χ2n) is 6.66. The number of methoxy groups -OCH3 is 1. The topological polar surface area (TPSA) is 76.7 Å². The van der Waals surface area contributed by atoms with Gasteiger partial charge in [0.05, 0.1) is 40.6 Å². The highest BCUT2D eigenvalue weighted by Crippen LogP contribution is 2.39. The molecule has 1 unspecified atom stereocenters. The van der Waals surface area contributed by atoms with Crippen molar-refractivity contribution in [2.24, 2.45) is 0 Å². The van der Waals surface area contributed by atoms with E-state index in [9.17, 15) is 9.59 Å². The van der Waals surface area contributed by atoms with Crippen molar-refractivity contribution in [1.82, 2.24) is 10.6 Å². The molecule has 2 aromatic carbocycles. The van der Waals surface area contributed by atoms with Crippen LogP contribution in [0.15, 0.2) is 48.0 Å². The van der Waals surface area contributed by atoms with Crippen LogP contribution in [0.5, 0.6) is 5.75 Å². The first kappa shape index (κ1) is 21.0. The maximum atomic E-state index is 12.7. The Hall–Kier alpha value is -2.70. The third-order valence-electron chi connectivity index (χ3n) is 4.25. The van der Waals surface area contributed by atoms with Crippen molar-refractivity contribution in [3.8, 4) is 5.75 Å². The molecule has 2 N–H and O–H groups in total. The zero-order valence-corrected chi connectivity index (χ0v) is 17.6. The standard InChI is InChI=1S/C21H20Cl2N2O4/c1-11(2)29-19-14(22)9-13(10-15(19)23)18-16(20(26)28-3)17(24-21(27)25-18)12-7-5-4-6-8-12/h4-11,18H,1-3H3,(H2,24,25,27). The van der Waals surface area contributed by atoms with Gasteiger partial charge < -0.3 is 20.1 Å². The molecule has 1 aliphatic heterocycles. The van der Waals surface area contributed by atoms with E-state index in [1.807, 2.05) is 32.0 Å². The number of amides is 2. The number of halogens is 2. The van der Waals surface area contributed by atoms with E-state index in [-0.39, 0.29) is 21.7 Å². The summed E-state index contributed by atoms with van der Waals surface area (Å²) in [6.45, 7) is 3.72. The van der Waals surface area contributed by atoms with Crippen molar-refractivity contribution in [3.05, 3.63) is 69.2 Å². The Morgan fingerprint density at radius 3 is 2.28 bits per heavy atom. The Bertz CT molecular complexity index is 951. The fraction of sp³-hybridized carbons (Fsp3) is 0.238. The van der Waals surface area contributed by atoms with Crippen LogP contribution in [0, 0.1) is 0 Å². The lowest BCUT2D eigenvalue weighted by atomic mass is 9.92. The molecule has 3 rings (SSSR count). The third kappa shape index (κ3) is 4.49.